The number of ether oxygens (including phenoxy) is 2. The number of carbonyl (C=O) groups excluding carboxylic acids is 2. The number of rotatable bonds is 6. The predicted octanol–water partition coefficient (Wildman–Crippen LogP) is 3.84. The number of esters is 2. The molecule has 192 valence electrons. The summed E-state index contributed by atoms with van der Waals surface area (Å²) in [4.78, 5) is 43.4. The van der Waals surface area contributed by atoms with Crippen LogP contribution in [0, 0.1) is 0 Å². The Kier molecular flexibility index (Phi) is 6.93. The molecule has 38 heavy (non-hydrogen) atoms. The first-order chi connectivity index (χ1) is 18.4. The van der Waals surface area contributed by atoms with Crippen LogP contribution in [0.4, 0.5) is 0 Å². The molecule has 0 amide bonds. The van der Waals surface area contributed by atoms with Gasteiger partial charge in [0.2, 0.25) is 0 Å². The Labute approximate surface area is 221 Å². The van der Waals surface area contributed by atoms with Gasteiger partial charge in [-0.05, 0) is 36.2 Å². The molecule has 2 aromatic carbocycles. The van der Waals surface area contributed by atoms with E-state index in [4.69, 9.17) is 13.9 Å². The molecule has 1 atom stereocenters. The highest BCUT2D eigenvalue weighted by Gasteiger charge is 2.33. The van der Waals surface area contributed by atoms with E-state index in [0.717, 1.165) is 11.1 Å². The van der Waals surface area contributed by atoms with Crippen LogP contribution >= 0.6 is 11.3 Å². The molecule has 8 nitrogen and oxygen atoms in total. The lowest BCUT2D eigenvalue weighted by Crippen LogP contribution is -2.40. The van der Waals surface area contributed by atoms with Gasteiger partial charge in [-0.2, -0.15) is 0 Å². The molecular weight excluding hydrogens is 504 g/mol. The number of aromatic nitrogens is 1. The van der Waals surface area contributed by atoms with E-state index in [-0.39, 0.29) is 5.56 Å². The highest BCUT2D eigenvalue weighted by molar-refractivity contribution is 7.07. The second-order valence-corrected chi connectivity index (χ2v) is 9.48. The largest absolute Gasteiger partial charge is 0.466 e. The molecule has 3 heterocycles. The predicted molar refractivity (Wildman–Crippen MR) is 142 cm³/mol. The van der Waals surface area contributed by atoms with Crippen LogP contribution in [0.15, 0.2) is 92.2 Å². The van der Waals surface area contributed by atoms with Crippen molar-refractivity contribution in [1.82, 2.24) is 4.57 Å². The molecule has 0 N–H and O–H groups in total. The Balaban J connectivity index is 1.59. The fraction of sp³-hybridized carbons (Fsp3) is 0.172. The van der Waals surface area contributed by atoms with Crippen LogP contribution in [-0.4, -0.2) is 30.7 Å². The molecule has 2 aromatic heterocycles. The number of hydrogen-bond acceptors (Lipinski definition) is 8. The molecule has 1 aliphatic heterocycles. The summed E-state index contributed by atoms with van der Waals surface area (Å²) in [6.45, 7) is 1.92. The number of benzene rings is 2. The number of hydrogen-bond donors (Lipinski definition) is 0. The Morgan fingerprint density at radius 1 is 1.00 bits per heavy atom. The smallest absolute Gasteiger partial charge is 0.338 e. The molecule has 4 aromatic rings. The molecule has 0 unspecified atom stereocenters. The summed E-state index contributed by atoms with van der Waals surface area (Å²) in [5, 5.41) is 0. The van der Waals surface area contributed by atoms with E-state index < -0.39 is 18.0 Å². The van der Waals surface area contributed by atoms with E-state index in [0.29, 0.717) is 44.1 Å². The number of methoxy groups -OCH3 is 2. The molecule has 0 fully saturated rings. The van der Waals surface area contributed by atoms with Crippen molar-refractivity contribution in [2.24, 2.45) is 4.99 Å². The third-order valence-electron chi connectivity index (χ3n) is 6.26. The summed E-state index contributed by atoms with van der Waals surface area (Å²) in [6.07, 6.45) is 2.18. The van der Waals surface area contributed by atoms with Crippen LogP contribution in [0.1, 0.15) is 41.1 Å². The number of fused-ring (bicyclic) bond motifs is 1. The van der Waals surface area contributed by atoms with Gasteiger partial charge in [-0.1, -0.05) is 60.7 Å². The van der Waals surface area contributed by atoms with Gasteiger partial charge >= 0.3 is 11.9 Å². The van der Waals surface area contributed by atoms with Crippen LogP contribution in [0.25, 0.3) is 17.4 Å². The standard InChI is InChI=1S/C29H24N2O6S/c1-4-21-24(28(34)36-3)25(18-8-6-5-7-9-18)31-26(32)23(38-29(31)30-21)16-20-14-15-22(37-20)17-10-12-19(13-11-17)27(33)35-2/h5-16,25H,4H2,1-3H3/b23-16+/t25-/m1/s1. The van der Waals surface area contributed by atoms with Gasteiger partial charge in [0.05, 0.1) is 41.6 Å². The van der Waals surface area contributed by atoms with Gasteiger partial charge < -0.3 is 13.9 Å². The zero-order valence-electron chi connectivity index (χ0n) is 21.0. The zero-order valence-corrected chi connectivity index (χ0v) is 21.8. The average Bonchev–Trinajstić information content (AvgIpc) is 3.55. The summed E-state index contributed by atoms with van der Waals surface area (Å²) < 4.78 is 17.8. The molecule has 0 saturated carbocycles. The van der Waals surface area contributed by atoms with E-state index in [1.165, 1.54) is 25.6 Å². The van der Waals surface area contributed by atoms with Gasteiger partial charge in [-0.25, -0.2) is 14.6 Å². The molecule has 0 saturated heterocycles. The van der Waals surface area contributed by atoms with Crippen molar-refractivity contribution in [1.29, 1.82) is 0 Å². The average molecular weight is 529 g/mol. The van der Waals surface area contributed by atoms with E-state index >= 15 is 0 Å². The molecule has 0 aliphatic carbocycles. The highest BCUT2D eigenvalue weighted by Crippen LogP contribution is 2.31. The number of carbonyl (C=O) groups is 2. The third kappa shape index (κ3) is 4.52. The lowest BCUT2D eigenvalue weighted by molar-refractivity contribution is -0.136. The number of allylic oxidation sites excluding steroid dienone is 1. The SMILES string of the molecule is CCC1=C(C(=O)OC)[C@@H](c2ccccc2)n2c(s/c(=C/c3ccc(-c4ccc(C(=O)OC)cc4)o3)c2=O)=N1. The third-order valence-corrected chi connectivity index (χ3v) is 7.24. The van der Waals surface area contributed by atoms with E-state index in [1.807, 2.05) is 37.3 Å². The second kappa shape index (κ2) is 10.5. The Bertz CT molecular complexity index is 1730. The van der Waals surface area contributed by atoms with Crippen LogP contribution in [0.5, 0.6) is 0 Å². The summed E-state index contributed by atoms with van der Waals surface area (Å²) >= 11 is 1.24. The van der Waals surface area contributed by atoms with Crippen molar-refractivity contribution in [3.63, 3.8) is 0 Å². The molecule has 0 spiro atoms. The number of thiazole rings is 1. The first kappa shape index (κ1) is 25.2. The van der Waals surface area contributed by atoms with Crippen molar-refractivity contribution in [3.8, 4) is 11.3 Å². The molecule has 0 bridgehead atoms. The lowest BCUT2D eigenvalue weighted by Gasteiger charge is -2.25. The monoisotopic (exact) mass is 528 g/mol. The van der Waals surface area contributed by atoms with Crippen molar-refractivity contribution < 1.29 is 23.5 Å². The summed E-state index contributed by atoms with van der Waals surface area (Å²) in [5.41, 5.74) is 2.68. The van der Waals surface area contributed by atoms with Gasteiger partial charge in [0.25, 0.3) is 5.56 Å². The Morgan fingerprint density at radius 2 is 1.71 bits per heavy atom. The van der Waals surface area contributed by atoms with Gasteiger partial charge in [-0.15, -0.1) is 0 Å². The van der Waals surface area contributed by atoms with Gasteiger partial charge in [0.15, 0.2) is 4.80 Å². The summed E-state index contributed by atoms with van der Waals surface area (Å²) in [7, 11) is 2.66. The fourth-order valence-corrected chi connectivity index (χ4v) is 5.42. The van der Waals surface area contributed by atoms with Gasteiger partial charge in [-0.3, -0.25) is 9.36 Å². The van der Waals surface area contributed by atoms with Crippen LogP contribution in [-0.2, 0) is 14.3 Å². The van der Waals surface area contributed by atoms with Gasteiger partial charge in [0.1, 0.15) is 11.5 Å². The first-order valence-electron chi connectivity index (χ1n) is 11.9. The second-order valence-electron chi connectivity index (χ2n) is 8.47. The normalized spacial score (nSPS) is 15.1. The number of nitrogens with zero attached hydrogens (tertiary/aromatic N) is 2. The minimum Gasteiger partial charge on any atom is -0.466 e. The topological polar surface area (TPSA) is 100 Å². The van der Waals surface area contributed by atoms with Crippen molar-refractivity contribution in [2.45, 2.75) is 19.4 Å². The summed E-state index contributed by atoms with van der Waals surface area (Å²) in [6, 6.07) is 19.2. The number of furan rings is 1. The Morgan fingerprint density at radius 3 is 2.37 bits per heavy atom. The maximum atomic E-state index is 13.7. The van der Waals surface area contributed by atoms with Crippen LogP contribution in [0.2, 0.25) is 0 Å². The lowest BCUT2D eigenvalue weighted by atomic mass is 9.95. The molecule has 5 rings (SSSR count). The van der Waals surface area contributed by atoms with E-state index in [2.05, 4.69) is 4.99 Å². The van der Waals surface area contributed by atoms with Crippen molar-refractivity contribution in [3.05, 3.63) is 115 Å². The van der Waals surface area contributed by atoms with Crippen LogP contribution in [0.3, 0.4) is 0 Å². The summed E-state index contributed by atoms with van der Waals surface area (Å²) in [5.74, 6) is 0.149. The van der Waals surface area contributed by atoms with Crippen molar-refractivity contribution >= 4 is 29.4 Å². The maximum Gasteiger partial charge on any atom is 0.338 e. The highest BCUT2D eigenvalue weighted by atomic mass is 32.1. The minimum absolute atomic E-state index is 0.278. The fourth-order valence-electron chi connectivity index (χ4n) is 4.42. The first-order valence-corrected chi connectivity index (χ1v) is 12.7. The molecule has 1 aliphatic rings. The Hall–Kier alpha value is -4.50. The van der Waals surface area contributed by atoms with Gasteiger partial charge in [0, 0.05) is 11.6 Å². The van der Waals surface area contributed by atoms with E-state index in [9.17, 15) is 14.4 Å². The molecule has 9 heteroatoms. The minimum atomic E-state index is -0.655. The quantitative estimate of drug-likeness (QED) is 0.353. The molecule has 0 radical (unpaired) electrons. The van der Waals surface area contributed by atoms with E-state index in [1.54, 1.807) is 47.0 Å². The van der Waals surface area contributed by atoms with Crippen LogP contribution < -0.4 is 14.9 Å². The van der Waals surface area contributed by atoms with Crippen molar-refractivity contribution in [2.75, 3.05) is 14.2 Å². The zero-order chi connectivity index (χ0) is 26.8. The molecular formula is C29H24N2O6S. The maximum absolute atomic E-state index is 13.7.